The van der Waals surface area contributed by atoms with Crippen LogP contribution < -0.4 is 0 Å². The summed E-state index contributed by atoms with van der Waals surface area (Å²) >= 11 is 0. The molecule has 0 radical (unpaired) electrons. The molecule has 62 valence electrons. The lowest BCUT2D eigenvalue weighted by atomic mass is 10.1. The molecule has 0 aliphatic carbocycles. The van der Waals surface area contributed by atoms with Gasteiger partial charge in [-0.25, -0.2) is 4.79 Å². The summed E-state index contributed by atoms with van der Waals surface area (Å²) in [5, 5.41) is 8.52. The summed E-state index contributed by atoms with van der Waals surface area (Å²) < 4.78 is 0. The van der Waals surface area contributed by atoms with Crippen LogP contribution in [0.2, 0.25) is 0 Å². The highest BCUT2D eigenvalue weighted by atomic mass is 16.4. The topological polar surface area (TPSA) is 37.3 Å². The molecule has 0 saturated carbocycles. The molecule has 0 bridgehead atoms. The lowest BCUT2D eigenvalue weighted by molar-refractivity contribution is -0.132. The number of carbonyl (C=O) groups is 1. The quantitative estimate of drug-likeness (QED) is 0.489. The average molecular weight is 154 g/mol. The fourth-order valence-electron chi connectivity index (χ4n) is 0.531. The van der Waals surface area contributed by atoms with Crippen LogP contribution in [-0.4, -0.2) is 11.1 Å². The first-order valence-corrected chi connectivity index (χ1v) is 3.51. The van der Waals surface area contributed by atoms with Crippen molar-refractivity contribution in [3.63, 3.8) is 0 Å². The molecule has 2 heteroatoms. The van der Waals surface area contributed by atoms with Gasteiger partial charge in [-0.3, -0.25) is 0 Å². The van der Waals surface area contributed by atoms with Crippen LogP contribution in [0.25, 0.3) is 0 Å². The summed E-state index contributed by atoms with van der Waals surface area (Å²) in [5.74, 6) is -0.856. The monoisotopic (exact) mass is 154 g/mol. The minimum Gasteiger partial charge on any atom is -0.478 e. The van der Waals surface area contributed by atoms with Crippen molar-refractivity contribution in [2.45, 2.75) is 27.7 Å². The van der Waals surface area contributed by atoms with Gasteiger partial charge in [0.1, 0.15) is 0 Å². The molecule has 0 aromatic heterocycles. The number of hydrogen-bond donors (Lipinski definition) is 1. The molecular formula is C9H14O2. The van der Waals surface area contributed by atoms with Gasteiger partial charge in [0.25, 0.3) is 0 Å². The van der Waals surface area contributed by atoms with Crippen molar-refractivity contribution in [1.29, 1.82) is 0 Å². The van der Waals surface area contributed by atoms with Gasteiger partial charge in [-0.2, -0.15) is 0 Å². The second kappa shape index (κ2) is 3.96. The maximum Gasteiger partial charge on any atom is 0.331 e. The SMILES string of the molecule is CC(=CC(C)=C(C)C)C(=O)O. The van der Waals surface area contributed by atoms with Gasteiger partial charge in [0.15, 0.2) is 0 Å². The summed E-state index contributed by atoms with van der Waals surface area (Å²) in [7, 11) is 0. The number of rotatable bonds is 2. The van der Waals surface area contributed by atoms with Gasteiger partial charge in [0.2, 0.25) is 0 Å². The smallest absolute Gasteiger partial charge is 0.331 e. The van der Waals surface area contributed by atoms with E-state index in [-0.39, 0.29) is 0 Å². The number of carboxylic acid groups (broad SMARTS) is 1. The standard InChI is InChI=1S/C9H14O2/c1-6(2)7(3)5-8(4)9(10)11/h5H,1-4H3,(H,10,11). The minimum absolute atomic E-state index is 0.378. The van der Waals surface area contributed by atoms with E-state index < -0.39 is 5.97 Å². The van der Waals surface area contributed by atoms with E-state index in [0.717, 1.165) is 11.1 Å². The summed E-state index contributed by atoms with van der Waals surface area (Å²) in [6, 6.07) is 0. The van der Waals surface area contributed by atoms with Gasteiger partial charge in [0.05, 0.1) is 0 Å². The Morgan fingerprint density at radius 3 is 1.91 bits per heavy atom. The molecule has 0 aliphatic rings. The van der Waals surface area contributed by atoms with Crippen LogP contribution in [0.1, 0.15) is 27.7 Å². The van der Waals surface area contributed by atoms with Crippen LogP contribution in [0.3, 0.4) is 0 Å². The summed E-state index contributed by atoms with van der Waals surface area (Å²) in [5.41, 5.74) is 2.54. The normalized spacial score (nSPS) is 11.1. The van der Waals surface area contributed by atoms with E-state index >= 15 is 0 Å². The first kappa shape index (κ1) is 9.95. The predicted molar refractivity (Wildman–Crippen MR) is 45.4 cm³/mol. The zero-order chi connectivity index (χ0) is 9.02. The third kappa shape index (κ3) is 3.61. The van der Waals surface area contributed by atoms with Crippen LogP contribution >= 0.6 is 0 Å². The molecular weight excluding hydrogens is 140 g/mol. The van der Waals surface area contributed by atoms with Crippen LogP contribution in [0, 0.1) is 0 Å². The van der Waals surface area contributed by atoms with Crippen LogP contribution in [0.15, 0.2) is 22.8 Å². The maximum absolute atomic E-state index is 10.4. The number of allylic oxidation sites excluding steroid dienone is 3. The lowest BCUT2D eigenvalue weighted by Crippen LogP contribution is -1.96. The molecule has 0 aromatic rings. The summed E-state index contributed by atoms with van der Waals surface area (Å²) in [4.78, 5) is 10.4. The highest BCUT2D eigenvalue weighted by molar-refractivity contribution is 5.86. The Hall–Kier alpha value is -1.05. The van der Waals surface area contributed by atoms with Gasteiger partial charge in [-0.1, -0.05) is 11.1 Å². The Kier molecular flexibility index (Phi) is 3.58. The van der Waals surface area contributed by atoms with E-state index in [0.29, 0.717) is 5.57 Å². The zero-order valence-corrected chi connectivity index (χ0v) is 7.43. The molecule has 0 spiro atoms. The summed E-state index contributed by atoms with van der Waals surface area (Å²) in [6.07, 6.45) is 1.68. The Morgan fingerprint density at radius 1 is 1.18 bits per heavy atom. The predicted octanol–water partition coefficient (Wildman–Crippen LogP) is 2.37. The third-order valence-electron chi connectivity index (χ3n) is 1.56. The van der Waals surface area contributed by atoms with Gasteiger partial charge < -0.3 is 5.11 Å². The van der Waals surface area contributed by atoms with E-state index in [1.165, 1.54) is 0 Å². The highest BCUT2D eigenvalue weighted by Gasteiger charge is 1.98. The van der Waals surface area contributed by atoms with Crippen molar-refractivity contribution in [1.82, 2.24) is 0 Å². The van der Waals surface area contributed by atoms with Gasteiger partial charge in [-0.05, 0) is 33.8 Å². The molecule has 0 fully saturated rings. The van der Waals surface area contributed by atoms with Crippen LogP contribution in [0.4, 0.5) is 0 Å². The van der Waals surface area contributed by atoms with Gasteiger partial charge >= 0.3 is 5.97 Å². The molecule has 0 amide bonds. The fraction of sp³-hybridized carbons (Fsp3) is 0.444. The molecule has 0 heterocycles. The van der Waals surface area contributed by atoms with Gasteiger partial charge in [-0.15, -0.1) is 0 Å². The number of carboxylic acids is 1. The fourth-order valence-corrected chi connectivity index (χ4v) is 0.531. The van der Waals surface area contributed by atoms with Crippen LogP contribution in [-0.2, 0) is 4.79 Å². The second-order valence-corrected chi connectivity index (χ2v) is 2.82. The Labute approximate surface area is 67.2 Å². The van der Waals surface area contributed by atoms with Crippen molar-refractivity contribution in [2.24, 2.45) is 0 Å². The van der Waals surface area contributed by atoms with E-state index in [2.05, 4.69) is 0 Å². The molecule has 0 aliphatic heterocycles. The molecule has 0 atom stereocenters. The van der Waals surface area contributed by atoms with Crippen molar-refractivity contribution < 1.29 is 9.90 Å². The maximum atomic E-state index is 10.4. The molecule has 0 aromatic carbocycles. The van der Waals surface area contributed by atoms with Crippen molar-refractivity contribution >= 4 is 5.97 Å². The van der Waals surface area contributed by atoms with E-state index in [1.807, 2.05) is 20.8 Å². The second-order valence-electron chi connectivity index (χ2n) is 2.82. The molecule has 0 saturated heterocycles. The van der Waals surface area contributed by atoms with Gasteiger partial charge in [0, 0.05) is 5.57 Å². The van der Waals surface area contributed by atoms with E-state index in [9.17, 15) is 4.79 Å². The van der Waals surface area contributed by atoms with Crippen LogP contribution in [0.5, 0.6) is 0 Å². The van der Waals surface area contributed by atoms with E-state index in [1.54, 1.807) is 13.0 Å². The first-order chi connectivity index (χ1) is 4.95. The summed E-state index contributed by atoms with van der Waals surface area (Å²) in [6.45, 7) is 7.42. The zero-order valence-electron chi connectivity index (χ0n) is 7.43. The third-order valence-corrected chi connectivity index (χ3v) is 1.56. The average Bonchev–Trinajstić information content (AvgIpc) is 1.87. The molecule has 0 rings (SSSR count). The lowest BCUT2D eigenvalue weighted by Gasteiger charge is -1.97. The minimum atomic E-state index is -0.856. The van der Waals surface area contributed by atoms with E-state index in [4.69, 9.17) is 5.11 Å². The Bertz CT molecular complexity index is 218. The molecule has 2 nitrogen and oxygen atoms in total. The first-order valence-electron chi connectivity index (χ1n) is 3.51. The Balaban J connectivity index is 4.58. The highest BCUT2D eigenvalue weighted by Crippen LogP contribution is 2.06. The molecule has 1 N–H and O–H groups in total. The number of hydrogen-bond acceptors (Lipinski definition) is 1. The Morgan fingerprint density at radius 2 is 1.64 bits per heavy atom. The molecule has 0 unspecified atom stereocenters. The van der Waals surface area contributed by atoms with Crippen molar-refractivity contribution in [3.05, 3.63) is 22.8 Å². The van der Waals surface area contributed by atoms with Crippen molar-refractivity contribution in [2.75, 3.05) is 0 Å². The number of aliphatic carboxylic acids is 1. The molecule has 11 heavy (non-hydrogen) atoms. The largest absolute Gasteiger partial charge is 0.478 e. The van der Waals surface area contributed by atoms with Crippen molar-refractivity contribution in [3.8, 4) is 0 Å².